The molecule has 2 N–H and O–H groups in total. The summed E-state index contributed by atoms with van der Waals surface area (Å²) in [5, 5.41) is 19.6. The minimum atomic E-state index is 0.184. The Labute approximate surface area is 110 Å². The van der Waals surface area contributed by atoms with Crippen molar-refractivity contribution in [3.05, 3.63) is 61.1 Å². The van der Waals surface area contributed by atoms with E-state index in [0.717, 1.165) is 0 Å². The fraction of sp³-hybridized carbons (Fsp3) is 0. The predicted octanol–water partition coefficient (Wildman–Crippen LogP) is 2.95. The summed E-state index contributed by atoms with van der Waals surface area (Å²) in [4.78, 5) is 4.26. The van der Waals surface area contributed by atoms with Crippen LogP contribution in [-0.4, -0.2) is 19.8 Å². The van der Waals surface area contributed by atoms with Gasteiger partial charge in [-0.1, -0.05) is 24.3 Å². The number of aromatic hydroxyl groups is 2. The number of para-hydroxylation sites is 3. The van der Waals surface area contributed by atoms with E-state index in [1.54, 1.807) is 53.5 Å². The topological polar surface area (TPSA) is 58.3 Å². The molecule has 1 aromatic heterocycles. The maximum atomic E-state index is 9.80. The van der Waals surface area contributed by atoms with Crippen LogP contribution in [0.3, 0.4) is 0 Å². The summed E-state index contributed by atoms with van der Waals surface area (Å²) in [6, 6.07) is 14.0. The number of aromatic nitrogens is 2. The van der Waals surface area contributed by atoms with Gasteiger partial charge in [-0.05, 0) is 24.3 Å². The fourth-order valence-corrected chi connectivity index (χ4v) is 1.97. The molecule has 0 spiro atoms. The molecule has 0 atom stereocenters. The first kappa shape index (κ1) is 11.3. The number of rotatable bonds is 2. The highest BCUT2D eigenvalue weighted by atomic mass is 16.3. The van der Waals surface area contributed by atoms with E-state index in [9.17, 15) is 10.2 Å². The van der Waals surface area contributed by atoms with Crippen LogP contribution in [0.2, 0.25) is 0 Å². The van der Waals surface area contributed by atoms with E-state index in [-0.39, 0.29) is 11.5 Å². The van der Waals surface area contributed by atoms with Gasteiger partial charge in [0.05, 0.1) is 11.4 Å². The minimum Gasteiger partial charge on any atom is -0.507 e. The van der Waals surface area contributed by atoms with Crippen LogP contribution < -0.4 is 0 Å². The summed E-state index contributed by atoms with van der Waals surface area (Å²) in [5.74, 6) is 0.369. The number of hydrogen-bond acceptors (Lipinski definition) is 3. The van der Waals surface area contributed by atoms with Gasteiger partial charge < -0.3 is 14.8 Å². The highest BCUT2D eigenvalue weighted by Gasteiger charge is 2.08. The Morgan fingerprint density at radius 3 is 2.26 bits per heavy atom. The number of nitrogens with zero attached hydrogens (tertiary/aromatic N) is 2. The summed E-state index contributed by atoms with van der Waals surface area (Å²) in [6.45, 7) is 0. The third-order valence-electron chi connectivity index (χ3n) is 2.92. The van der Waals surface area contributed by atoms with Gasteiger partial charge in [0, 0.05) is 11.8 Å². The lowest BCUT2D eigenvalue weighted by Gasteiger charge is -2.04. The number of phenols is 2. The molecule has 3 aromatic rings. The van der Waals surface area contributed by atoms with Crippen molar-refractivity contribution in [1.29, 1.82) is 0 Å². The van der Waals surface area contributed by atoms with Gasteiger partial charge in [0.15, 0.2) is 0 Å². The highest BCUT2D eigenvalue weighted by Crippen LogP contribution is 2.29. The molecule has 0 radical (unpaired) electrons. The number of imidazole rings is 1. The third kappa shape index (κ3) is 2.04. The maximum absolute atomic E-state index is 9.80. The Balaban J connectivity index is 2.06. The highest BCUT2D eigenvalue weighted by molar-refractivity contribution is 5.66. The molecule has 4 nitrogen and oxygen atoms in total. The second-order valence-electron chi connectivity index (χ2n) is 4.17. The van der Waals surface area contributed by atoms with Crippen LogP contribution in [0, 0.1) is 0 Å². The Kier molecular flexibility index (Phi) is 2.68. The Bertz CT molecular complexity index is 659. The van der Waals surface area contributed by atoms with Crippen LogP contribution in [0.5, 0.6) is 11.5 Å². The van der Waals surface area contributed by atoms with E-state index in [4.69, 9.17) is 0 Å². The van der Waals surface area contributed by atoms with Gasteiger partial charge >= 0.3 is 0 Å². The van der Waals surface area contributed by atoms with Crippen molar-refractivity contribution >= 4 is 0 Å². The Hall–Kier alpha value is -2.75. The fourth-order valence-electron chi connectivity index (χ4n) is 1.97. The second kappa shape index (κ2) is 4.49. The van der Waals surface area contributed by atoms with E-state index >= 15 is 0 Å². The molecule has 19 heavy (non-hydrogen) atoms. The van der Waals surface area contributed by atoms with Gasteiger partial charge in [0.2, 0.25) is 0 Å². The first-order valence-electron chi connectivity index (χ1n) is 5.86. The first-order valence-corrected chi connectivity index (χ1v) is 5.86. The van der Waals surface area contributed by atoms with Crippen molar-refractivity contribution in [1.82, 2.24) is 9.55 Å². The van der Waals surface area contributed by atoms with Crippen molar-refractivity contribution in [3.8, 4) is 28.4 Å². The predicted molar refractivity (Wildman–Crippen MR) is 72.3 cm³/mol. The van der Waals surface area contributed by atoms with Crippen molar-refractivity contribution in [2.24, 2.45) is 0 Å². The van der Waals surface area contributed by atoms with Crippen molar-refractivity contribution < 1.29 is 10.2 Å². The Morgan fingerprint density at radius 2 is 1.53 bits per heavy atom. The summed E-state index contributed by atoms with van der Waals surface area (Å²) < 4.78 is 1.72. The monoisotopic (exact) mass is 252 g/mol. The zero-order valence-electron chi connectivity index (χ0n) is 10.1. The average Bonchev–Trinajstić information content (AvgIpc) is 2.89. The molecule has 0 unspecified atom stereocenters. The standard InChI is InChI=1S/C15H12N2O2/c18-14-7-3-1-5-11(14)12-9-17(10-16-12)13-6-2-4-8-15(13)19/h1-10,18-19H. The van der Waals surface area contributed by atoms with Gasteiger partial charge in [0.1, 0.15) is 17.8 Å². The zero-order chi connectivity index (χ0) is 13.2. The lowest BCUT2D eigenvalue weighted by molar-refractivity contribution is 0.472. The summed E-state index contributed by atoms with van der Waals surface area (Å²) >= 11 is 0. The largest absolute Gasteiger partial charge is 0.507 e. The smallest absolute Gasteiger partial charge is 0.139 e. The van der Waals surface area contributed by atoms with Crippen molar-refractivity contribution in [3.63, 3.8) is 0 Å². The van der Waals surface area contributed by atoms with Gasteiger partial charge in [-0.15, -0.1) is 0 Å². The molecule has 0 amide bonds. The molecule has 94 valence electrons. The SMILES string of the molecule is Oc1ccccc1-c1cn(-c2ccccc2O)cn1. The summed E-state index contributed by atoms with van der Waals surface area (Å²) in [5.41, 5.74) is 1.97. The van der Waals surface area contributed by atoms with Crippen LogP contribution in [-0.2, 0) is 0 Å². The molecule has 1 heterocycles. The van der Waals surface area contributed by atoms with Gasteiger partial charge in [-0.3, -0.25) is 0 Å². The zero-order valence-corrected chi connectivity index (χ0v) is 10.1. The number of hydrogen-bond donors (Lipinski definition) is 2. The van der Waals surface area contributed by atoms with Crippen LogP contribution in [0.1, 0.15) is 0 Å². The number of phenolic OH excluding ortho intramolecular Hbond substituents is 2. The molecule has 2 aromatic carbocycles. The molecule has 0 bridgehead atoms. The molecule has 0 saturated carbocycles. The molecule has 3 rings (SSSR count). The summed E-state index contributed by atoms with van der Waals surface area (Å²) in [7, 11) is 0. The van der Waals surface area contributed by atoms with Crippen LogP contribution in [0.4, 0.5) is 0 Å². The second-order valence-corrected chi connectivity index (χ2v) is 4.17. The molecule has 0 saturated heterocycles. The van der Waals surface area contributed by atoms with Gasteiger partial charge in [0.25, 0.3) is 0 Å². The normalized spacial score (nSPS) is 10.5. The van der Waals surface area contributed by atoms with Crippen LogP contribution >= 0.6 is 0 Å². The molecule has 0 aliphatic carbocycles. The van der Waals surface area contributed by atoms with Crippen LogP contribution in [0.25, 0.3) is 16.9 Å². The van der Waals surface area contributed by atoms with Crippen molar-refractivity contribution in [2.75, 3.05) is 0 Å². The molecular formula is C15H12N2O2. The van der Waals surface area contributed by atoms with E-state index < -0.39 is 0 Å². The first-order chi connectivity index (χ1) is 9.25. The molecule has 4 heteroatoms. The van der Waals surface area contributed by atoms with Crippen molar-refractivity contribution in [2.45, 2.75) is 0 Å². The van der Waals surface area contributed by atoms with Gasteiger partial charge in [-0.25, -0.2) is 4.98 Å². The lowest BCUT2D eigenvalue weighted by Crippen LogP contribution is -1.89. The Morgan fingerprint density at radius 1 is 0.842 bits per heavy atom. The minimum absolute atomic E-state index is 0.184. The average molecular weight is 252 g/mol. The van der Waals surface area contributed by atoms with Gasteiger partial charge in [-0.2, -0.15) is 0 Å². The van der Waals surface area contributed by atoms with E-state index in [0.29, 0.717) is 16.9 Å². The number of benzene rings is 2. The van der Waals surface area contributed by atoms with E-state index in [1.807, 2.05) is 12.1 Å². The summed E-state index contributed by atoms with van der Waals surface area (Å²) in [6.07, 6.45) is 3.38. The lowest BCUT2D eigenvalue weighted by atomic mass is 10.1. The van der Waals surface area contributed by atoms with E-state index in [2.05, 4.69) is 4.98 Å². The molecule has 0 aliphatic heterocycles. The maximum Gasteiger partial charge on any atom is 0.139 e. The quantitative estimate of drug-likeness (QED) is 0.737. The van der Waals surface area contributed by atoms with Crippen LogP contribution in [0.15, 0.2) is 61.1 Å². The molecule has 0 aliphatic rings. The van der Waals surface area contributed by atoms with E-state index in [1.165, 1.54) is 0 Å². The molecule has 0 fully saturated rings. The third-order valence-corrected chi connectivity index (χ3v) is 2.92. The molecular weight excluding hydrogens is 240 g/mol.